The maximum absolute atomic E-state index is 11.8. The monoisotopic (exact) mass is 302 g/mol. The standard InChI is InChI=1S/C12H22N4O3S/c1-16-6-3-11(4-7-16)19-8-2-5-15-20(17,18)12-9-13-14-10-12/h9-11,15H,2-8H2,1H3,(H,13,14). The van der Waals surface area contributed by atoms with E-state index in [4.69, 9.17) is 4.74 Å². The Morgan fingerprint density at radius 1 is 1.50 bits per heavy atom. The lowest BCUT2D eigenvalue weighted by molar-refractivity contribution is 0.0120. The summed E-state index contributed by atoms with van der Waals surface area (Å²) >= 11 is 0. The van der Waals surface area contributed by atoms with Crippen molar-refractivity contribution in [3.8, 4) is 0 Å². The molecule has 0 aromatic carbocycles. The van der Waals surface area contributed by atoms with Crippen molar-refractivity contribution in [1.29, 1.82) is 0 Å². The number of rotatable bonds is 7. The fraction of sp³-hybridized carbons (Fsp3) is 0.750. The van der Waals surface area contributed by atoms with E-state index in [1.807, 2.05) is 0 Å². The van der Waals surface area contributed by atoms with Gasteiger partial charge in [0.15, 0.2) is 0 Å². The topological polar surface area (TPSA) is 87.3 Å². The molecule has 1 aliphatic rings. The summed E-state index contributed by atoms with van der Waals surface area (Å²) in [5, 5.41) is 6.11. The van der Waals surface area contributed by atoms with Gasteiger partial charge in [0.25, 0.3) is 0 Å². The van der Waals surface area contributed by atoms with Crippen molar-refractivity contribution in [2.24, 2.45) is 0 Å². The van der Waals surface area contributed by atoms with Gasteiger partial charge in [0, 0.05) is 32.4 Å². The molecule has 2 rings (SSSR count). The number of hydrogen-bond donors (Lipinski definition) is 2. The summed E-state index contributed by atoms with van der Waals surface area (Å²) in [6.07, 6.45) is 5.74. The minimum atomic E-state index is -3.44. The van der Waals surface area contributed by atoms with Gasteiger partial charge in [-0.1, -0.05) is 0 Å². The maximum atomic E-state index is 11.8. The molecule has 0 unspecified atom stereocenters. The fourth-order valence-corrected chi connectivity index (χ4v) is 3.13. The number of aromatic amines is 1. The van der Waals surface area contributed by atoms with Gasteiger partial charge in [0.05, 0.1) is 12.3 Å². The Balaban J connectivity index is 1.60. The molecule has 2 heterocycles. The molecule has 7 nitrogen and oxygen atoms in total. The van der Waals surface area contributed by atoms with Gasteiger partial charge in [-0.2, -0.15) is 5.10 Å². The van der Waals surface area contributed by atoms with Crippen LogP contribution in [0.5, 0.6) is 0 Å². The second kappa shape index (κ2) is 7.16. The normalized spacial score (nSPS) is 18.4. The smallest absolute Gasteiger partial charge is 0.243 e. The zero-order valence-electron chi connectivity index (χ0n) is 11.7. The molecule has 0 aliphatic carbocycles. The highest BCUT2D eigenvalue weighted by molar-refractivity contribution is 7.89. The third-order valence-corrected chi connectivity index (χ3v) is 4.84. The molecule has 0 bridgehead atoms. The highest BCUT2D eigenvalue weighted by Crippen LogP contribution is 2.12. The Morgan fingerprint density at radius 2 is 2.25 bits per heavy atom. The van der Waals surface area contributed by atoms with Gasteiger partial charge in [-0.15, -0.1) is 0 Å². The van der Waals surface area contributed by atoms with Gasteiger partial charge >= 0.3 is 0 Å². The van der Waals surface area contributed by atoms with Gasteiger partial charge in [-0.25, -0.2) is 13.1 Å². The number of sulfonamides is 1. The van der Waals surface area contributed by atoms with Crippen molar-refractivity contribution >= 4 is 10.0 Å². The van der Waals surface area contributed by atoms with E-state index >= 15 is 0 Å². The Bertz CT molecular complexity index is 481. The van der Waals surface area contributed by atoms with E-state index < -0.39 is 10.0 Å². The largest absolute Gasteiger partial charge is 0.378 e. The van der Waals surface area contributed by atoms with Crippen LogP contribution in [0.1, 0.15) is 19.3 Å². The van der Waals surface area contributed by atoms with Crippen LogP contribution < -0.4 is 4.72 Å². The zero-order valence-corrected chi connectivity index (χ0v) is 12.5. The Hall–Kier alpha value is -0.960. The lowest BCUT2D eigenvalue weighted by Gasteiger charge is -2.28. The van der Waals surface area contributed by atoms with E-state index in [0.29, 0.717) is 25.7 Å². The highest BCUT2D eigenvalue weighted by atomic mass is 32.2. The molecule has 1 aliphatic heterocycles. The molecule has 2 N–H and O–H groups in total. The first-order valence-corrected chi connectivity index (χ1v) is 8.35. The molecule has 8 heteroatoms. The van der Waals surface area contributed by atoms with Crippen LogP contribution in [0.15, 0.2) is 17.3 Å². The van der Waals surface area contributed by atoms with Crippen LogP contribution in [-0.2, 0) is 14.8 Å². The Morgan fingerprint density at radius 3 is 2.90 bits per heavy atom. The number of ether oxygens (including phenoxy) is 1. The van der Waals surface area contributed by atoms with Crippen LogP contribution in [0.3, 0.4) is 0 Å². The van der Waals surface area contributed by atoms with E-state index in [1.165, 1.54) is 12.4 Å². The molecule has 0 atom stereocenters. The Kier molecular flexibility index (Phi) is 5.53. The molecule has 1 aromatic rings. The Labute approximate surface area is 119 Å². The van der Waals surface area contributed by atoms with Crippen molar-refractivity contribution < 1.29 is 13.2 Å². The number of hydrogen-bond acceptors (Lipinski definition) is 5. The second-order valence-corrected chi connectivity index (χ2v) is 6.83. The zero-order chi connectivity index (χ0) is 14.4. The molecular weight excluding hydrogens is 280 g/mol. The molecule has 0 radical (unpaired) electrons. The van der Waals surface area contributed by atoms with Crippen LogP contribution in [0.4, 0.5) is 0 Å². The first-order valence-electron chi connectivity index (χ1n) is 6.86. The van der Waals surface area contributed by atoms with Crippen molar-refractivity contribution in [2.45, 2.75) is 30.3 Å². The number of likely N-dealkylation sites (tertiary alicyclic amines) is 1. The lowest BCUT2D eigenvalue weighted by atomic mass is 10.1. The summed E-state index contributed by atoms with van der Waals surface area (Å²) in [5.41, 5.74) is 0. The van der Waals surface area contributed by atoms with Crippen molar-refractivity contribution in [3.05, 3.63) is 12.4 Å². The van der Waals surface area contributed by atoms with Crippen LogP contribution >= 0.6 is 0 Å². The second-order valence-electron chi connectivity index (χ2n) is 5.06. The van der Waals surface area contributed by atoms with Gasteiger partial charge < -0.3 is 9.64 Å². The minimum Gasteiger partial charge on any atom is -0.378 e. The van der Waals surface area contributed by atoms with Gasteiger partial charge in [-0.3, -0.25) is 5.10 Å². The number of piperidine rings is 1. The lowest BCUT2D eigenvalue weighted by Crippen LogP contribution is -2.34. The van der Waals surface area contributed by atoms with Crippen LogP contribution in [0.2, 0.25) is 0 Å². The number of nitrogens with one attached hydrogen (secondary N) is 2. The molecule has 0 saturated carbocycles. The van der Waals surface area contributed by atoms with Gasteiger partial charge in [0.1, 0.15) is 4.90 Å². The molecule has 0 amide bonds. The first-order chi connectivity index (χ1) is 9.58. The van der Waals surface area contributed by atoms with Gasteiger partial charge in [-0.05, 0) is 26.3 Å². The maximum Gasteiger partial charge on any atom is 0.243 e. The van der Waals surface area contributed by atoms with Gasteiger partial charge in [0.2, 0.25) is 10.0 Å². The summed E-state index contributed by atoms with van der Waals surface area (Å²) in [4.78, 5) is 2.45. The third kappa shape index (κ3) is 4.55. The summed E-state index contributed by atoms with van der Waals surface area (Å²) in [6.45, 7) is 3.10. The third-order valence-electron chi connectivity index (χ3n) is 3.42. The van der Waals surface area contributed by atoms with Crippen molar-refractivity contribution in [2.75, 3.05) is 33.3 Å². The van der Waals surface area contributed by atoms with Crippen LogP contribution in [0, 0.1) is 0 Å². The average molecular weight is 302 g/mol. The molecule has 1 aromatic heterocycles. The molecule has 1 saturated heterocycles. The van der Waals surface area contributed by atoms with E-state index in [1.54, 1.807) is 0 Å². The molecule has 20 heavy (non-hydrogen) atoms. The molecule has 0 spiro atoms. The van der Waals surface area contributed by atoms with Crippen LogP contribution in [0.25, 0.3) is 0 Å². The summed E-state index contributed by atoms with van der Waals surface area (Å²) in [6, 6.07) is 0. The number of nitrogens with zero attached hydrogens (tertiary/aromatic N) is 2. The highest BCUT2D eigenvalue weighted by Gasteiger charge is 2.17. The quantitative estimate of drug-likeness (QED) is 0.702. The van der Waals surface area contributed by atoms with E-state index in [2.05, 4.69) is 26.9 Å². The van der Waals surface area contributed by atoms with E-state index in [9.17, 15) is 8.42 Å². The van der Waals surface area contributed by atoms with E-state index in [0.717, 1.165) is 25.9 Å². The summed E-state index contributed by atoms with van der Waals surface area (Å²) in [7, 11) is -1.32. The predicted octanol–water partition coefficient (Wildman–Crippen LogP) is 0.189. The molecule has 114 valence electrons. The van der Waals surface area contributed by atoms with Crippen LogP contribution in [-0.4, -0.2) is 62.9 Å². The number of aromatic nitrogens is 2. The van der Waals surface area contributed by atoms with Crippen molar-refractivity contribution in [1.82, 2.24) is 19.8 Å². The molecular formula is C12H22N4O3S. The SMILES string of the molecule is CN1CCC(OCCCNS(=O)(=O)c2cn[nH]c2)CC1. The molecule has 1 fully saturated rings. The predicted molar refractivity (Wildman–Crippen MR) is 74.9 cm³/mol. The number of H-pyrrole nitrogens is 1. The fourth-order valence-electron chi connectivity index (χ4n) is 2.15. The summed E-state index contributed by atoms with van der Waals surface area (Å²) < 4.78 is 31.8. The van der Waals surface area contributed by atoms with Crippen molar-refractivity contribution in [3.63, 3.8) is 0 Å². The first kappa shape index (κ1) is 15.4. The summed E-state index contributed by atoms with van der Waals surface area (Å²) in [5.74, 6) is 0. The van der Waals surface area contributed by atoms with E-state index in [-0.39, 0.29) is 4.90 Å². The minimum absolute atomic E-state index is 0.161. The average Bonchev–Trinajstić information content (AvgIpc) is 2.95.